The van der Waals surface area contributed by atoms with Crippen LogP contribution in [0.5, 0.6) is 0 Å². The number of hydrogen-bond acceptors (Lipinski definition) is 3. The van der Waals surface area contributed by atoms with Crippen LogP contribution in [-0.2, 0) is 6.54 Å². The second-order valence-electron chi connectivity index (χ2n) is 5.50. The molecule has 0 radical (unpaired) electrons. The van der Waals surface area contributed by atoms with E-state index in [1.54, 1.807) is 12.1 Å². The van der Waals surface area contributed by atoms with Crippen LogP contribution >= 0.6 is 0 Å². The minimum atomic E-state index is -1.11. The number of para-hydroxylation sites is 1. The SMILES string of the molecule is O=C(O)c1cccc2[nH]c(=O)c(=O)n(CCCC3CC3)c12. The van der Waals surface area contributed by atoms with Gasteiger partial charge in [-0.1, -0.05) is 18.9 Å². The van der Waals surface area contributed by atoms with Crippen molar-refractivity contribution < 1.29 is 9.90 Å². The van der Waals surface area contributed by atoms with Crippen LogP contribution in [0.3, 0.4) is 0 Å². The van der Waals surface area contributed by atoms with Crippen molar-refractivity contribution in [2.45, 2.75) is 32.2 Å². The normalized spacial score (nSPS) is 14.5. The highest BCUT2D eigenvalue weighted by atomic mass is 16.4. The first-order chi connectivity index (χ1) is 10.1. The highest BCUT2D eigenvalue weighted by Gasteiger charge is 2.21. The smallest absolute Gasteiger partial charge is 0.337 e. The number of nitrogens with one attached hydrogen (secondary N) is 1. The van der Waals surface area contributed by atoms with Crippen molar-refractivity contribution in [1.82, 2.24) is 9.55 Å². The molecule has 0 bridgehead atoms. The van der Waals surface area contributed by atoms with Gasteiger partial charge in [0.15, 0.2) is 0 Å². The zero-order valence-corrected chi connectivity index (χ0v) is 11.5. The third kappa shape index (κ3) is 2.61. The van der Waals surface area contributed by atoms with Crippen LogP contribution in [0.15, 0.2) is 27.8 Å². The fourth-order valence-corrected chi connectivity index (χ4v) is 2.67. The number of aromatic amines is 1. The minimum Gasteiger partial charge on any atom is -0.478 e. The first kappa shape index (κ1) is 13.6. The Morgan fingerprint density at radius 2 is 2.10 bits per heavy atom. The van der Waals surface area contributed by atoms with Gasteiger partial charge in [0.1, 0.15) is 0 Å². The van der Waals surface area contributed by atoms with Crippen molar-refractivity contribution in [2.24, 2.45) is 5.92 Å². The Labute approximate surface area is 120 Å². The molecule has 0 saturated heterocycles. The zero-order valence-electron chi connectivity index (χ0n) is 11.5. The van der Waals surface area contributed by atoms with Crippen molar-refractivity contribution in [3.8, 4) is 0 Å². The van der Waals surface area contributed by atoms with Crippen LogP contribution in [0.25, 0.3) is 11.0 Å². The van der Waals surface area contributed by atoms with Gasteiger partial charge in [-0.25, -0.2) is 4.79 Å². The van der Waals surface area contributed by atoms with Gasteiger partial charge in [-0.2, -0.15) is 0 Å². The third-order valence-electron chi connectivity index (χ3n) is 3.91. The molecule has 6 heteroatoms. The van der Waals surface area contributed by atoms with Gasteiger partial charge < -0.3 is 14.7 Å². The fourth-order valence-electron chi connectivity index (χ4n) is 2.67. The third-order valence-corrected chi connectivity index (χ3v) is 3.91. The molecule has 3 rings (SSSR count). The summed E-state index contributed by atoms with van der Waals surface area (Å²) in [5.41, 5.74) is -0.688. The Morgan fingerprint density at radius 1 is 1.33 bits per heavy atom. The van der Waals surface area contributed by atoms with E-state index in [4.69, 9.17) is 0 Å². The second kappa shape index (κ2) is 5.20. The summed E-state index contributed by atoms with van der Waals surface area (Å²) in [4.78, 5) is 37.6. The molecule has 0 unspecified atom stereocenters. The molecule has 1 aliphatic carbocycles. The van der Waals surface area contributed by atoms with Crippen LogP contribution in [0.2, 0.25) is 0 Å². The molecular weight excluding hydrogens is 272 g/mol. The van der Waals surface area contributed by atoms with Gasteiger partial charge in [0.2, 0.25) is 0 Å². The van der Waals surface area contributed by atoms with Gasteiger partial charge >= 0.3 is 17.1 Å². The van der Waals surface area contributed by atoms with Gasteiger partial charge in [-0.15, -0.1) is 0 Å². The lowest BCUT2D eigenvalue weighted by Gasteiger charge is -2.11. The number of carbonyl (C=O) groups is 1. The fraction of sp³-hybridized carbons (Fsp3) is 0.400. The van der Waals surface area contributed by atoms with Gasteiger partial charge in [0.05, 0.1) is 16.6 Å². The first-order valence-corrected chi connectivity index (χ1v) is 7.07. The molecule has 2 aromatic rings. The molecule has 0 atom stereocenters. The number of rotatable bonds is 5. The van der Waals surface area contributed by atoms with Crippen LogP contribution < -0.4 is 11.1 Å². The molecule has 21 heavy (non-hydrogen) atoms. The number of nitrogens with zero attached hydrogens (tertiary/aromatic N) is 1. The Bertz CT molecular complexity index is 815. The van der Waals surface area contributed by atoms with E-state index in [9.17, 15) is 19.5 Å². The quantitative estimate of drug-likeness (QED) is 0.817. The van der Waals surface area contributed by atoms with E-state index in [1.807, 2.05) is 0 Å². The van der Waals surface area contributed by atoms with Crippen molar-refractivity contribution in [2.75, 3.05) is 0 Å². The average Bonchev–Trinajstić information content (AvgIpc) is 3.26. The largest absolute Gasteiger partial charge is 0.478 e. The molecule has 0 aliphatic heterocycles. The number of carboxylic acids is 1. The lowest BCUT2D eigenvalue weighted by atomic mass is 10.1. The maximum atomic E-state index is 12.1. The minimum absolute atomic E-state index is 0.0345. The Hall–Kier alpha value is -2.37. The monoisotopic (exact) mass is 288 g/mol. The standard InChI is InChI=1S/C15H16N2O4/c18-13-14(19)17(8-2-3-9-6-7-9)12-10(15(20)21)4-1-5-11(12)16-13/h1,4-5,9H,2-3,6-8H2,(H,16,18)(H,20,21). The van der Waals surface area contributed by atoms with E-state index < -0.39 is 17.1 Å². The molecule has 1 aliphatic rings. The second-order valence-corrected chi connectivity index (χ2v) is 5.50. The lowest BCUT2D eigenvalue weighted by molar-refractivity contribution is 0.0698. The molecule has 0 spiro atoms. The van der Waals surface area contributed by atoms with Crippen molar-refractivity contribution in [3.63, 3.8) is 0 Å². The van der Waals surface area contributed by atoms with E-state index in [-0.39, 0.29) is 5.56 Å². The van der Waals surface area contributed by atoms with E-state index in [0.29, 0.717) is 17.6 Å². The maximum absolute atomic E-state index is 12.1. The summed E-state index contributed by atoms with van der Waals surface area (Å²) in [6.07, 6.45) is 4.24. The summed E-state index contributed by atoms with van der Waals surface area (Å²) in [6, 6.07) is 4.61. The summed E-state index contributed by atoms with van der Waals surface area (Å²) in [5, 5.41) is 9.28. The molecule has 2 N–H and O–H groups in total. The summed E-state index contributed by atoms with van der Waals surface area (Å²) in [7, 11) is 0. The predicted octanol–water partition coefficient (Wildman–Crippen LogP) is 1.58. The molecule has 1 saturated carbocycles. The topological polar surface area (TPSA) is 92.2 Å². The van der Waals surface area contributed by atoms with Crippen LogP contribution in [-0.4, -0.2) is 20.6 Å². The van der Waals surface area contributed by atoms with Gasteiger partial charge in [-0.05, 0) is 30.9 Å². The first-order valence-electron chi connectivity index (χ1n) is 7.07. The average molecular weight is 288 g/mol. The summed E-state index contributed by atoms with van der Waals surface area (Å²) in [5.74, 6) is -0.379. The van der Waals surface area contributed by atoms with E-state index in [2.05, 4.69) is 4.98 Å². The van der Waals surface area contributed by atoms with Gasteiger partial charge in [0, 0.05) is 6.54 Å². The molecule has 0 amide bonds. The van der Waals surface area contributed by atoms with Crippen molar-refractivity contribution in [3.05, 3.63) is 44.5 Å². The van der Waals surface area contributed by atoms with Crippen molar-refractivity contribution in [1.29, 1.82) is 0 Å². The summed E-state index contributed by atoms with van der Waals surface area (Å²) < 4.78 is 1.31. The van der Waals surface area contributed by atoms with E-state index >= 15 is 0 Å². The number of H-pyrrole nitrogens is 1. The Morgan fingerprint density at radius 3 is 2.76 bits per heavy atom. The number of fused-ring (bicyclic) bond motifs is 1. The van der Waals surface area contributed by atoms with Crippen LogP contribution in [0, 0.1) is 5.92 Å². The highest BCUT2D eigenvalue weighted by Crippen LogP contribution is 2.33. The zero-order chi connectivity index (χ0) is 15.0. The number of hydrogen-bond donors (Lipinski definition) is 2. The Kier molecular flexibility index (Phi) is 3.37. The van der Waals surface area contributed by atoms with E-state index in [0.717, 1.165) is 18.8 Å². The van der Waals surface area contributed by atoms with Crippen molar-refractivity contribution >= 4 is 17.0 Å². The molecule has 1 heterocycles. The molecule has 6 nitrogen and oxygen atoms in total. The molecule has 110 valence electrons. The molecule has 1 aromatic carbocycles. The van der Waals surface area contributed by atoms with E-state index in [1.165, 1.54) is 23.5 Å². The molecule has 1 aromatic heterocycles. The molecule has 1 fully saturated rings. The highest BCUT2D eigenvalue weighted by molar-refractivity contribution is 6.00. The number of aryl methyl sites for hydroxylation is 1. The number of carboxylic acid groups (broad SMARTS) is 1. The number of benzene rings is 1. The predicted molar refractivity (Wildman–Crippen MR) is 77.7 cm³/mol. The maximum Gasteiger partial charge on any atom is 0.337 e. The number of aromatic carboxylic acids is 1. The lowest BCUT2D eigenvalue weighted by Crippen LogP contribution is -2.37. The van der Waals surface area contributed by atoms with Gasteiger partial charge in [0.25, 0.3) is 0 Å². The van der Waals surface area contributed by atoms with Gasteiger partial charge in [-0.3, -0.25) is 9.59 Å². The Balaban J connectivity index is 2.13. The van der Waals surface area contributed by atoms with Crippen LogP contribution in [0.4, 0.5) is 0 Å². The van der Waals surface area contributed by atoms with Crippen LogP contribution in [0.1, 0.15) is 36.0 Å². The summed E-state index contributed by atoms with van der Waals surface area (Å²) in [6.45, 7) is 0.375. The molecular formula is C15H16N2O4. The number of aromatic nitrogens is 2. The summed E-state index contributed by atoms with van der Waals surface area (Å²) >= 11 is 0.